The van der Waals surface area contributed by atoms with E-state index in [-0.39, 0.29) is 5.41 Å². The molecule has 0 bridgehead atoms. The molecule has 1 heterocycles. The van der Waals surface area contributed by atoms with E-state index in [4.69, 9.17) is 0 Å². The van der Waals surface area contributed by atoms with Crippen LogP contribution < -0.4 is 4.57 Å². The number of fused-ring (bicyclic) bond motifs is 2. The van der Waals surface area contributed by atoms with Crippen LogP contribution in [0.5, 0.6) is 0 Å². The highest BCUT2D eigenvalue weighted by atomic mass is 14.9. The van der Waals surface area contributed by atoms with Crippen molar-refractivity contribution in [3.8, 4) is 11.3 Å². The maximum atomic E-state index is 2.36. The lowest BCUT2D eigenvalue weighted by molar-refractivity contribution is -0.661. The van der Waals surface area contributed by atoms with E-state index in [1.165, 1.54) is 44.3 Å². The predicted octanol–water partition coefficient (Wildman–Crippen LogP) is 4.59. The Morgan fingerprint density at radius 2 is 1.68 bits per heavy atom. The van der Waals surface area contributed by atoms with Gasteiger partial charge in [0, 0.05) is 17.0 Å². The minimum atomic E-state index is 0.0265. The van der Waals surface area contributed by atoms with Crippen molar-refractivity contribution in [2.45, 2.75) is 33.1 Å². The van der Waals surface area contributed by atoms with Gasteiger partial charge in [-0.1, -0.05) is 44.2 Å². The molecule has 0 fully saturated rings. The summed E-state index contributed by atoms with van der Waals surface area (Å²) in [5.41, 5.74) is 8.47. The van der Waals surface area contributed by atoms with E-state index in [0.29, 0.717) is 0 Å². The first-order valence-electron chi connectivity index (χ1n) is 7.96. The first-order chi connectivity index (χ1) is 10.4. The van der Waals surface area contributed by atoms with E-state index in [0.717, 1.165) is 0 Å². The van der Waals surface area contributed by atoms with Gasteiger partial charge < -0.3 is 0 Å². The van der Waals surface area contributed by atoms with Crippen molar-refractivity contribution in [2.75, 3.05) is 0 Å². The molecule has 3 aromatic rings. The van der Waals surface area contributed by atoms with E-state index < -0.39 is 0 Å². The Hall–Kier alpha value is -2.15. The second-order valence-electron chi connectivity index (χ2n) is 7.12. The SMILES string of the molecule is Cc1cc[n+](C)c2c1C(C)(C)c1cccc3ccc(C)c-2c13. The molecule has 4 rings (SSSR count). The highest BCUT2D eigenvalue weighted by Gasteiger charge is 2.39. The van der Waals surface area contributed by atoms with Crippen LogP contribution in [0.3, 0.4) is 0 Å². The predicted molar refractivity (Wildman–Crippen MR) is 92.2 cm³/mol. The average Bonchev–Trinajstić information content (AvgIpc) is 2.48. The number of pyridine rings is 1. The summed E-state index contributed by atoms with van der Waals surface area (Å²) in [7, 11) is 2.17. The fourth-order valence-corrected chi connectivity index (χ4v) is 4.28. The van der Waals surface area contributed by atoms with E-state index in [2.05, 4.69) is 81.9 Å². The molecule has 0 saturated carbocycles. The van der Waals surface area contributed by atoms with Crippen LogP contribution in [0.4, 0.5) is 0 Å². The second-order valence-corrected chi connectivity index (χ2v) is 7.12. The van der Waals surface area contributed by atoms with E-state index >= 15 is 0 Å². The lowest BCUT2D eigenvalue weighted by atomic mass is 9.68. The standard InChI is InChI=1S/C21H22N/c1-13-9-10-15-7-6-8-16-18(15)17(13)20-19(21(16,3)4)14(2)11-12-22(20)5/h6-12H,1-5H3/q+1. The highest BCUT2D eigenvalue weighted by molar-refractivity contribution is 6.03. The molecular formula is C21H22N+. The zero-order valence-corrected chi connectivity index (χ0v) is 14.0. The van der Waals surface area contributed by atoms with Gasteiger partial charge in [-0.15, -0.1) is 0 Å². The molecule has 1 heteroatoms. The number of hydrogen-bond donors (Lipinski definition) is 0. The van der Waals surface area contributed by atoms with Crippen LogP contribution in [-0.2, 0) is 12.5 Å². The number of rotatable bonds is 0. The molecule has 2 aromatic carbocycles. The quantitative estimate of drug-likeness (QED) is 0.533. The third kappa shape index (κ3) is 1.51. The van der Waals surface area contributed by atoms with Gasteiger partial charge >= 0.3 is 0 Å². The van der Waals surface area contributed by atoms with Crippen LogP contribution in [0.1, 0.15) is 36.1 Å². The summed E-state index contributed by atoms with van der Waals surface area (Å²) in [6.45, 7) is 9.19. The number of aromatic nitrogens is 1. The molecule has 0 amide bonds. The van der Waals surface area contributed by atoms with Gasteiger partial charge in [0.15, 0.2) is 6.20 Å². The zero-order valence-electron chi connectivity index (χ0n) is 14.0. The van der Waals surface area contributed by atoms with Crippen molar-refractivity contribution in [1.82, 2.24) is 0 Å². The minimum Gasteiger partial charge on any atom is -0.201 e. The second kappa shape index (κ2) is 4.19. The van der Waals surface area contributed by atoms with Gasteiger partial charge in [0.05, 0.1) is 5.56 Å². The molecular weight excluding hydrogens is 266 g/mol. The zero-order chi connectivity index (χ0) is 15.6. The van der Waals surface area contributed by atoms with Crippen LogP contribution in [-0.4, -0.2) is 0 Å². The molecule has 0 atom stereocenters. The molecule has 0 unspecified atom stereocenters. The van der Waals surface area contributed by atoms with Crippen molar-refractivity contribution in [3.63, 3.8) is 0 Å². The number of aryl methyl sites for hydroxylation is 3. The Morgan fingerprint density at radius 1 is 0.909 bits per heavy atom. The fraction of sp³-hybridized carbons (Fsp3) is 0.286. The van der Waals surface area contributed by atoms with E-state index in [9.17, 15) is 0 Å². The monoisotopic (exact) mass is 288 g/mol. The van der Waals surface area contributed by atoms with Crippen molar-refractivity contribution in [1.29, 1.82) is 0 Å². The molecule has 110 valence electrons. The Labute approximate surface area is 132 Å². The summed E-state index contributed by atoms with van der Waals surface area (Å²) in [6, 6.07) is 13.5. The Morgan fingerprint density at radius 3 is 2.45 bits per heavy atom. The van der Waals surface area contributed by atoms with Gasteiger partial charge in [-0.3, -0.25) is 0 Å². The molecule has 0 radical (unpaired) electrons. The van der Waals surface area contributed by atoms with Gasteiger partial charge in [0.25, 0.3) is 0 Å². The van der Waals surface area contributed by atoms with Gasteiger partial charge in [0.1, 0.15) is 7.05 Å². The van der Waals surface area contributed by atoms with Gasteiger partial charge in [0.2, 0.25) is 5.69 Å². The van der Waals surface area contributed by atoms with Crippen molar-refractivity contribution in [2.24, 2.45) is 7.05 Å². The lowest BCUT2D eigenvalue weighted by Gasteiger charge is -2.34. The third-order valence-corrected chi connectivity index (χ3v) is 5.32. The number of nitrogens with zero attached hydrogens (tertiary/aromatic N) is 1. The summed E-state index contributed by atoms with van der Waals surface area (Å²) >= 11 is 0. The summed E-state index contributed by atoms with van der Waals surface area (Å²) < 4.78 is 2.29. The summed E-state index contributed by atoms with van der Waals surface area (Å²) in [6.07, 6.45) is 2.19. The maximum Gasteiger partial charge on any atom is 0.217 e. The van der Waals surface area contributed by atoms with Gasteiger partial charge in [-0.25, -0.2) is 4.57 Å². The third-order valence-electron chi connectivity index (χ3n) is 5.32. The van der Waals surface area contributed by atoms with Crippen LogP contribution >= 0.6 is 0 Å². The highest BCUT2D eigenvalue weighted by Crippen LogP contribution is 2.49. The van der Waals surface area contributed by atoms with Crippen molar-refractivity contribution < 1.29 is 4.57 Å². The number of benzene rings is 2. The molecule has 22 heavy (non-hydrogen) atoms. The normalized spacial score (nSPS) is 15.0. The van der Waals surface area contributed by atoms with Crippen LogP contribution in [0.2, 0.25) is 0 Å². The van der Waals surface area contributed by atoms with Gasteiger partial charge in [-0.2, -0.15) is 0 Å². The van der Waals surface area contributed by atoms with Crippen LogP contribution in [0.25, 0.3) is 22.0 Å². The Kier molecular flexibility index (Phi) is 2.57. The Bertz CT molecular complexity index is 932. The summed E-state index contributed by atoms with van der Waals surface area (Å²) in [5.74, 6) is 0. The molecule has 1 aromatic heterocycles. The molecule has 0 saturated heterocycles. The largest absolute Gasteiger partial charge is 0.217 e. The number of hydrogen-bond acceptors (Lipinski definition) is 0. The lowest BCUT2D eigenvalue weighted by Crippen LogP contribution is -2.38. The minimum absolute atomic E-state index is 0.0265. The average molecular weight is 288 g/mol. The molecule has 1 nitrogen and oxygen atoms in total. The molecule has 1 aliphatic carbocycles. The van der Waals surface area contributed by atoms with Crippen molar-refractivity contribution in [3.05, 3.63) is 64.8 Å². The summed E-state index contributed by atoms with van der Waals surface area (Å²) in [4.78, 5) is 0. The van der Waals surface area contributed by atoms with Crippen LogP contribution in [0, 0.1) is 13.8 Å². The molecule has 0 N–H and O–H groups in total. The smallest absolute Gasteiger partial charge is 0.201 e. The first-order valence-corrected chi connectivity index (χ1v) is 7.96. The molecule has 0 aliphatic heterocycles. The van der Waals surface area contributed by atoms with E-state index in [1.54, 1.807) is 0 Å². The van der Waals surface area contributed by atoms with Crippen LogP contribution in [0.15, 0.2) is 42.6 Å². The molecule has 0 spiro atoms. The Balaban J connectivity index is 2.35. The topological polar surface area (TPSA) is 3.88 Å². The van der Waals surface area contributed by atoms with E-state index in [1.807, 2.05) is 0 Å². The first kappa shape index (κ1) is 13.5. The van der Waals surface area contributed by atoms with Gasteiger partial charge in [-0.05, 0) is 41.3 Å². The molecule has 1 aliphatic rings. The maximum absolute atomic E-state index is 2.36. The summed E-state index contributed by atoms with van der Waals surface area (Å²) in [5, 5.41) is 2.78. The van der Waals surface area contributed by atoms with Crippen molar-refractivity contribution >= 4 is 10.8 Å². The fourth-order valence-electron chi connectivity index (χ4n) is 4.28.